The van der Waals surface area contributed by atoms with Crippen molar-refractivity contribution in [3.63, 3.8) is 0 Å². The maximum absolute atomic E-state index is 13.0. The summed E-state index contributed by atoms with van der Waals surface area (Å²) in [5.74, 6) is -0.179. The molecule has 3 rings (SSSR count). The number of carbonyl (C=O) groups is 1. The zero-order valence-corrected chi connectivity index (χ0v) is 17.3. The molecule has 11 heteroatoms. The van der Waals surface area contributed by atoms with Crippen molar-refractivity contribution in [1.82, 2.24) is 14.9 Å². The van der Waals surface area contributed by atoms with Crippen molar-refractivity contribution in [1.29, 1.82) is 0 Å². The fraction of sp³-hybridized carbons (Fsp3) is 0.227. The third-order valence-corrected chi connectivity index (χ3v) is 4.58. The quantitative estimate of drug-likeness (QED) is 0.438. The molecule has 3 aromatic rings. The molecule has 0 radical (unpaired) electrons. The van der Waals surface area contributed by atoms with Crippen LogP contribution in [0, 0.1) is 6.92 Å². The first-order chi connectivity index (χ1) is 15.3. The highest BCUT2D eigenvalue weighted by Gasteiger charge is 2.37. The molecule has 2 aromatic carbocycles. The summed E-state index contributed by atoms with van der Waals surface area (Å²) in [4.78, 5) is 21.4. The third kappa shape index (κ3) is 5.99. The average Bonchev–Trinajstić information content (AvgIpc) is 2.74. The van der Waals surface area contributed by atoms with E-state index < -0.39 is 35.9 Å². The first-order valence-corrected chi connectivity index (χ1v) is 9.44. The number of para-hydroxylation sites is 1. The number of nitrogens with zero attached hydrogens (tertiary/aromatic N) is 3. The van der Waals surface area contributed by atoms with Crippen LogP contribution in [0.3, 0.4) is 0 Å². The summed E-state index contributed by atoms with van der Waals surface area (Å²) in [5.41, 5.74) is -2.41. The smallest absolute Gasteiger partial charge is 0.416 e. The van der Waals surface area contributed by atoms with Crippen LogP contribution in [0.1, 0.15) is 32.6 Å². The fourth-order valence-corrected chi connectivity index (χ4v) is 2.93. The normalized spacial score (nSPS) is 11.9. The Hall–Kier alpha value is -3.63. The molecule has 0 saturated carbocycles. The molecular weight excluding hydrogens is 452 g/mol. The average molecular weight is 469 g/mol. The predicted octanol–water partition coefficient (Wildman–Crippen LogP) is 5.89. The lowest BCUT2D eigenvalue weighted by Gasteiger charge is -2.19. The summed E-state index contributed by atoms with van der Waals surface area (Å²) in [7, 11) is 1.24. The van der Waals surface area contributed by atoms with Crippen molar-refractivity contribution < 1.29 is 35.9 Å². The molecule has 0 aliphatic rings. The van der Waals surface area contributed by atoms with Gasteiger partial charge in [-0.2, -0.15) is 26.3 Å². The Morgan fingerprint density at radius 2 is 1.48 bits per heavy atom. The van der Waals surface area contributed by atoms with E-state index in [1.807, 2.05) is 19.1 Å². The van der Waals surface area contributed by atoms with Gasteiger partial charge in [-0.1, -0.05) is 18.2 Å². The number of hydrogen-bond donors (Lipinski definition) is 0. The topological polar surface area (TPSA) is 55.3 Å². The molecule has 0 aliphatic carbocycles. The Balaban J connectivity index is 1.77. The number of carbonyl (C=O) groups excluding carboxylic acids is 1. The van der Waals surface area contributed by atoms with E-state index in [4.69, 9.17) is 4.74 Å². The molecule has 0 atom stereocenters. The molecule has 0 spiro atoms. The fourth-order valence-electron chi connectivity index (χ4n) is 2.93. The Kier molecular flexibility index (Phi) is 6.61. The molecule has 5 nitrogen and oxygen atoms in total. The van der Waals surface area contributed by atoms with Crippen LogP contribution in [0.15, 0.2) is 54.9 Å². The van der Waals surface area contributed by atoms with Crippen LogP contribution in [0.2, 0.25) is 0 Å². The monoisotopic (exact) mass is 469 g/mol. The largest absolute Gasteiger partial charge is 0.424 e. The highest BCUT2D eigenvalue weighted by atomic mass is 19.4. The van der Waals surface area contributed by atoms with Gasteiger partial charge < -0.3 is 9.64 Å². The summed E-state index contributed by atoms with van der Waals surface area (Å²) < 4.78 is 83.8. The van der Waals surface area contributed by atoms with Crippen LogP contribution in [0.5, 0.6) is 11.8 Å². The minimum Gasteiger partial charge on any atom is -0.424 e. The number of benzene rings is 2. The SMILES string of the molecule is Cc1ccccc1Oc1ncc(C(=O)N(C)Cc2cc(C(F)(F)F)cc(C(F)(F)F)c2)cn1. The van der Waals surface area contributed by atoms with Crippen molar-refractivity contribution in [2.45, 2.75) is 25.8 Å². The van der Waals surface area contributed by atoms with Crippen LogP contribution in [-0.2, 0) is 18.9 Å². The Bertz CT molecular complexity index is 1110. The van der Waals surface area contributed by atoms with Gasteiger partial charge in [0.25, 0.3) is 5.91 Å². The number of hydrogen-bond acceptors (Lipinski definition) is 4. The van der Waals surface area contributed by atoms with E-state index in [-0.39, 0.29) is 23.2 Å². The molecule has 0 unspecified atom stereocenters. The second-order valence-electron chi connectivity index (χ2n) is 7.20. The molecule has 0 bridgehead atoms. The molecule has 0 saturated heterocycles. The highest BCUT2D eigenvalue weighted by molar-refractivity contribution is 5.93. The number of ether oxygens (including phenoxy) is 1. The molecule has 1 aromatic heterocycles. The lowest BCUT2D eigenvalue weighted by molar-refractivity contribution is -0.143. The van der Waals surface area contributed by atoms with Gasteiger partial charge in [0, 0.05) is 26.0 Å². The van der Waals surface area contributed by atoms with Gasteiger partial charge in [0.2, 0.25) is 0 Å². The number of halogens is 6. The minimum atomic E-state index is -4.97. The first kappa shape index (κ1) is 24.0. The van der Waals surface area contributed by atoms with Crippen LogP contribution < -0.4 is 4.74 Å². The third-order valence-electron chi connectivity index (χ3n) is 4.58. The summed E-state index contributed by atoms with van der Waals surface area (Å²) in [6, 6.07) is 8.26. The minimum absolute atomic E-state index is 0.0161. The maximum Gasteiger partial charge on any atom is 0.416 e. The van der Waals surface area contributed by atoms with Gasteiger partial charge in [-0.25, -0.2) is 9.97 Å². The number of alkyl halides is 6. The second-order valence-corrected chi connectivity index (χ2v) is 7.20. The summed E-state index contributed by atoms with van der Waals surface area (Å²) in [6.45, 7) is 1.33. The predicted molar refractivity (Wildman–Crippen MR) is 106 cm³/mol. The zero-order chi connectivity index (χ0) is 24.4. The van der Waals surface area contributed by atoms with Crippen molar-refractivity contribution in [2.75, 3.05) is 7.05 Å². The molecule has 1 amide bonds. The molecular formula is C22H17F6N3O2. The summed E-state index contributed by atoms with van der Waals surface area (Å²) >= 11 is 0. The molecule has 33 heavy (non-hydrogen) atoms. The molecule has 1 heterocycles. The van der Waals surface area contributed by atoms with Crippen molar-refractivity contribution >= 4 is 5.91 Å². The van der Waals surface area contributed by atoms with E-state index in [1.54, 1.807) is 12.1 Å². The van der Waals surface area contributed by atoms with Gasteiger partial charge in [0.1, 0.15) is 5.75 Å². The maximum atomic E-state index is 13.0. The number of aromatic nitrogens is 2. The molecule has 0 aliphatic heterocycles. The Morgan fingerprint density at radius 3 is 2.00 bits per heavy atom. The number of aryl methyl sites for hydroxylation is 1. The van der Waals surface area contributed by atoms with Gasteiger partial charge in [-0.3, -0.25) is 4.79 Å². The summed E-state index contributed by atoms with van der Waals surface area (Å²) in [6.07, 6.45) is -7.63. The van der Waals surface area contributed by atoms with Gasteiger partial charge >= 0.3 is 18.4 Å². The van der Waals surface area contributed by atoms with Gasteiger partial charge in [-0.05, 0) is 42.3 Å². The van der Waals surface area contributed by atoms with Gasteiger partial charge in [0.15, 0.2) is 0 Å². The molecule has 0 N–H and O–H groups in total. The highest BCUT2D eigenvalue weighted by Crippen LogP contribution is 2.36. The van der Waals surface area contributed by atoms with E-state index in [1.165, 1.54) is 7.05 Å². The Morgan fingerprint density at radius 1 is 0.939 bits per heavy atom. The second kappa shape index (κ2) is 9.08. The lowest BCUT2D eigenvalue weighted by atomic mass is 10.0. The van der Waals surface area contributed by atoms with Crippen LogP contribution in [0.25, 0.3) is 0 Å². The van der Waals surface area contributed by atoms with E-state index in [2.05, 4.69) is 9.97 Å². The first-order valence-electron chi connectivity index (χ1n) is 9.44. The van der Waals surface area contributed by atoms with Crippen molar-refractivity contribution in [3.8, 4) is 11.8 Å². The molecule has 174 valence electrons. The molecule has 0 fully saturated rings. The van der Waals surface area contributed by atoms with Crippen molar-refractivity contribution in [3.05, 3.63) is 82.7 Å². The van der Waals surface area contributed by atoms with Crippen LogP contribution in [0.4, 0.5) is 26.3 Å². The van der Waals surface area contributed by atoms with E-state index in [0.717, 1.165) is 22.9 Å². The summed E-state index contributed by atoms with van der Waals surface area (Å²) in [5, 5.41) is 0. The van der Waals surface area contributed by atoms with Gasteiger partial charge in [0.05, 0.1) is 16.7 Å². The number of amides is 1. The lowest BCUT2D eigenvalue weighted by Crippen LogP contribution is -2.27. The van der Waals surface area contributed by atoms with Crippen molar-refractivity contribution in [2.24, 2.45) is 0 Å². The van der Waals surface area contributed by atoms with Crippen LogP contribution >= 0.6 is 0 Å². The van der Waals surface area contributed by atoms with Gasteiger partial charge in [-0.15, -0.1) is 0 Å². The van der Waals surface area contributed by atoms with E-state index >= 15 is 0 Å². The number of rotatable bonds is 5. The van der Waals surface area contributed by atoms with E-state index in [9.17, 15) is 31.1 Å². The van der Waals surface area contributed by atoms with Crippen LogP contribution in [-0.4, -0.2) is 27.8 Å². The standard InChI is InChI=1S/C22H17F6N3O2/c1-13-5-3-4-6-18(13)33-20-29-10-15(11-30-20)19(32)31(2)12-14-7-16(21(23,24)25)9-17(8-14)22(26,27)28/h3-11H,12H2,1-2H3. The zero-order valence-electron chi connectivity index (χ0n) is 17.3. The van der Waals surface area contributed by atoms with E-state index in [0.29, 0.717) is 17.9 Å². The Labute approximate surface area is 184 Å².